The van der Waals surface area contributed by atoms with Gasteiger partial charge in [0.1, 0.15) is 5.75 Å². The van der Waals surface area contributed by atoms with Gasteiger partial charge in [-0.15, -0.1) is 0 Å². The normalized spacial score (nSPS) is 10.2. The van der Waals surface area contributed by atoms with Crippen molar-refractivity contribution >= 4 is 29.3 Å². The van der Waals surface area contributed by atoms with Crippen molar-refractivity contribution in [3.63, 3.8) is 0 Å². The minimum absolute atomic E-state index is 0.195. The number of nitrogens with one attached hydrogen (secondary N) is 1. The molecule has 0 bridgehead atoms. The zero-order valence-electron chi connectivity index (χ0n) is 14.9. The third-order valence-corrected chi connectivity index (χ3v) is 3.86. The second kappa shape index (κ2) is 9.10. The molecule has 0 heterocycles. The lowest BCUT2D eigenvalue weighted by atomic mass is 10.1. The number of hydrogen-bond donors (Lipinski definition) is 1. The molecule has 0 aromatic heterocycles. The van der Waals surface area contributed by atoms with Crippen LogP contribution in [0.2, 0.25) is 5.02 Å². The summed E-state index contributed by atoms with van der Waals surface area (Å²) in [6.07, 6.45) is -0.561. The second-order valence-corrected chi connectivity index (χ2v) is 5.98. The van der Waals surface area contributed by atoms with Gasteiger partial charge in [-0.25, -0.2) is 4.79 Å². The van der Waals surface area contributed by atoms with Crippen molar-refractivity contribution in [2.24, 2.45) is 0 Å². The number of halogens is 1. The van der Waals surface area contributed by atoms with E-state index in [0.717, 1.165) is 5.56 Å². The molecule has 0 fully saturated rings. The van der Waals surface area contributed by atoms with Crippen molar-refractivity contribution in [2.75, 3.05) is 26.1 Å². The van der Waals surface area contributed by atoms with Gasteiger partial charge < -0.3 is 14.4 Å². The smallest absolute Gasteiger partial charge is 0.411 e. The highest BCUT2D eigenvalue weighted by Gasteiger charge is 2.15. The number of carbonyl (C=O) groups is 2. The summed E-state index contributed by atoms with van der Waals surface area (Å²) in [5, 5.41) is 3.15. The average molecular weight is 377 g/mol. The summed E-state index contributed by atoms with van der Waals surface area (Å²) in [5.41, 5.74) is 1.74. The van der Waals surface area contributed by atoms with Gasteiger partial charge in [-0.1, -0.05) is 17.7 Å². The van der Waals surface area contributed by atoms with E-state index < -0.39 is 6.09 Å². The van der Waals surface area contributed by atoms with Gasteiger partial charge >= 0.3 is 6.09 Å². The molecule has 0 atom stereocenters. The Morgan fingerprint density at radius 2 is 1.96 bits per heavy atom. The van der Waals surface area contributed by atoms with E-state index in [-0.39, 0.29) is 12.5 Å². The minimum atomic E-state index is -0.561. The van der Waals surface area contributed by atoms with Crippen LogP contribution in [0.3, 0.4) is 0 Å². The summed E-state index contributed by atoms with van der Waals surface area (Å²) in [4.78, 5) is 25.8. The largest absolute Gasteiger partial charge is 0.496 e. The number of nitrogens with zero attached hydrogens (tertiary/aromatic N) is 1. The van der Waals surface area contributed by atoms with Crippen LogP contribution in [-0.2, 0) is 11.3 Å². The molecule has 0 spiro atoms. The summed E-state index contributed by atoms with van der Waals surface area (Å²) in [6, 6.07) is 11.9. The number of rotatable bonds is 6. The van der Waals surface area contributed by atoms with Crippen LogP contribution in [0.1, 0.15) is 22.8 Å². The summed E-state index contributed by atoms with van der Waals surface area (Å²) in [7, 11) is 3.26. The SMILES string of the molecule is CCOC(=O)Nc1cccc(C(=O)N(C)Cc2cc(Cl)ccc2OC)c1. The first-order valence-corrected chi connectivity index (χ1v) is 8.44. The molecular formula is C19H21ClN2O4. The van der Waals surface area contributed by atoms with Gasteiger partial charge in [-0.3, -0.25) is 10.1 Å². The fourth-order valence-corrected chi connectivity index (χ4v) is 2.63. The Labute approximate surface area is 157 Å². The molecule has 0 unspecified atom stereocenters. The first-order chi connectivity index (χ1) is 12.4. The van der Waals surface area contributed by atoms with Gasteiger partial charge in [-0.05, 0) is 43.3 Å². The molecule has 0 aliphatic carbocycles. The Kier molecular flexibility index (Phi) is 6.86. The monoisotopic (exact) mass is 376 g/mol. The molecule has 1 N–H and O–H groups in total. The van der Waals surface area contributed by atoms with E-state index in [0.29, 0.717) is 28.6 Å². The van der Waals surface area contributed by atoms with Crippen LogP contribution < -0.4 is 10.1 Å². The molecule has 0 aliphatic rings. The number of anilines is 1. The number of benzene rings is 2. The van der Waals surface area contributed by atoms with E-state index in [9.17, 15) is 9.59 Å². The van der Waals surface area contributed by atoms with Crippen molar-refractivity contribution in [3.05, 3.63) is 58.6 Å². The van der Waals surface area contributed by atoms with E-state index in [1.54, 1.807) is 68.4 Å². The van der Waals surface area contributed by atoms with Crippen LogP contribution in [0, 0.1) is 0 Å². The third-order valence-electron chi connectivity index (χ3n) is 3.63. The standard InChI is InChI=1S/C19H21ClN2O4/c1-4-26-19(24)21-16-7-5-6-13(11-16)18(23)22(2)12-14-10-15(20)8-9-17(14)25-3/h5-11H,4,12H2,1-3H3,(H,21,24). The van der Waals surface area contributed by atoms with E-state index in [1.165, 1.54) is 0 Å². The third kappa shape index (κ3) is 5.13. The molecule has 7 heteroatoms. The van der Waals surface area contributed by atoms with Crippen LogP contribution in [0.4, 0.5) is 10.5 Å². The van der Waals surface area contributed by atoms with E-state index in [2.05, 4.69) is 5.32 Å². The Bertz CT molecular complexity index is 795. The lowest BCUT2D eigenvalue weighted by Crippen LogP contribution is -2.26. The van der Waals surface area contributed by atoms with Crippen LogP contribution in [0.5, 0.6) is 5.75 Å². The maximum Gasteiger partial charge on any atom is 0.411 e. The first-order valence-electron chi connectivity index (χ1n) is 8.06. The molecule has 2 aromatic rings. The Morgan fingerprint density at radius 3 is 2.65 bits per heavy atom. The van der Waals surface area contributed by atoms with Gasteiger partial charge in [0.05, 0.1) is 13.7 Å². The van der Waals surface area contributed by atoms with Crippen LogP contribution in [-0.4, -0.2) is 37.7 Å². The summed E-state index contributed by atoms with van der Waals surface area (Å²) < 4.78 is 10.2. The molecule has 6 nitrogen and oxygen atoms in total. The molecule has 0 radical (unpaired) electrons. The predicted octanol–water partition coefficient (Wildman–Crippen LogP) is 4.19. The van der Waals surface area contributed by atoms with E-state index in [1.807, 2.05) is 0 Å². The number of amides is 2. The van der Waals surface area contributed by atoms with E-state index in [4.69, 9.17) is 21.1 Å². The summed E-state index contributed by atoms with van der Waals surface area (Å²) in [5.74, 6) is 0.464. The lowest BCUT2D eigenvalue weighted by Gasteiger charge is -2.19. The highest BCUT2D eigenvalue weighted by atomic mass is 35.5. The molecular weight excluding hydrogens is 356 g/mol. The Morgan fingerprint density at radius 1 is 1.19 bits per heavy atom. The molecule has 26 heavy (non-hydrogen) atoms. The topological polar surface area (TPSA) is 67.9 Å². The molecule has 2 aromatic carbocycles. The van der Waals surface area contributed by atoms with Crippen LogP contribution in [0.25, 0.3) is 0 Å². The number of methoxy groups -OCH3 is 1. The highest BCUT2D eigenvalue weighted by Crippen LogP contribution is 2.24. The maximum atomic E-state index is 12.7. The van der Waals surface area contributed by atoms with Gasteiger partial charge in [0.25, 0.3) is 5.91 Å². The first kappa shape index (κ1) is 19.6. The van der Waals surface area contributed by atoms with E-state index >= 15 is 0 Å². The zero-order valence-corrected chi connectivity index (χ0v) is 15.7. The summed E-state index contributed by atoms with van der Waals surface area (Å²) >= 11 is 6.04. The average Bonchev–Trinajstić information content (AvgIpc) is 2.61. The molecule has 0 saturated heterocycles. The van der Waals surface area contributed by atoms with Crippen molar-refractivity contribution < 1.29 is 19.1 Å². The number of ether oxygens (including phenoxy) is 2. The molecule has 138 valence electrons. The van der Waals surface area contributed by atoms with Crippen molar-refractivity contribution in [1.29, 1.82) is 0 Å². The zero-order chi connectivity index (χ0) is 19.1. The molecule has 0 saturated carbocycles. The Balaban J connectivity index is 2.13. The Hall–Kier alpha value is -2.73. The quantitative estimate of drug-likeness (QED) is 0.820. The number of carbonyl (C=O) groups excluding carboxylic acids is 2. The van der Waals surface area contributed by atoms with Gasteiger partial charge in [0.15, 0.2) is 0 Å². The van der Waals surface area contributed by atoms with Gasteiger partial charge in [0, 0.05) is 35.4 Å². The van der Waals surface area contributed by atoms with Gasteiger partial charge in [0.2, 0.25) is 0 Å². The predicted molar refractivity (Wildman–Crippen MR) is 101 cm³/mol. The van der Waals surface area contributed by atoms with Crippen LogP contribution >= 0.6 is 11.6 Å². The number of hydrogen-bond acceptors (Lipinski definition) is 4. The lowest BCUT2D eigenvalue weighted by molar-refractivity contribution is 0.0784. The van der Waals surface area contributed by atoms with Crippen molar-refractivity contribution in [2.45, 2.75) is 13.5 Å². The second-order valence-electron chi connectivity index (χ2n) is 5.54. The molecule has 2 amide bonds. The minimum Gasteiger partial charge on any atom is -0.496 e. The highest BCUT2D eigenvalue weighted by molar-refractivity contribution is 6.30. The fraction of sp³-hybridized carbons (Fsp3) is 0.263. The summed E-state index contributed by atoms with van der Waals surface area (Å²) in [6.45, 7) is 2.32. The molecule has 0 aliphatic heterocycles. The van der Waals surface area contributed by atoms with Crippen molar-refractivity contribution in [1.82, 2.24) is 4.90 Å². The maximum absolute atomic E-state index is 12.7. The van der Waals surface area contributed by atoms with Crippen LogP contribution in [0.15, 0.2) is 42.5 Å². The van der Waals surface area contributed by atoms with Gasteiger partial charge in [-0.2, -0.15) is 0 Å². The molecule has 2 rings (SSSR count). The van der Waals surface area contributed by atoms with Crippen molar-refractivity contribution in [3.8, 4) is 5.75 Å². The fourth-order valence-electron chi connectivity index (χ4n) is 2.43.